The molecule has 1 aromatic carbocycles. The van der Waals surface area contributed by atoms with Gasteiger partial charge in [-0.05, 0) is 32.3 Å². The molecule has 1 saturated carbocycles. The average Bonchev–Trinajstić information content (AvgIpc) is 2.65. The van der Waals surface area contributed by atoms with Crippen LogP contribution in [0.15, 0.2) is 24.3 Å². The van der Waals surface area contributed by atoms with Crippen LogP contribution in [0.3, 0.4) is 0 Å². The van der Waals surface area contributed by atoms with Gasteiger partial charge in [0.25, 0.3) is 0 Å². The van der Waals surface area contributed by atoms with Gasteiger partial charge in [0.2, 0.25) is 5.91 Å². The van der Waals surface area contributed by atoms with Crippen molar-refractivity contribution in [3.63, 3.8) is 0 Å². The van der Waals surface area contributed by atoms with E-state index in [1.807, 2.05) is 36.1 Å². The largest absolute Gasteiger partial charge is 0.496 e. The molecule has 3 rings (SSSR count). The summed E-state index contributed by atoms with van der Waals surface area (Å²) < 4.78 is 5.43. The van der Waals surface area contributed by atoms with E-state index in [0.29, 0.717) is 6.04 Å². The van der Waals surface area contributed by atoms with E-state index in [1.165, 1.54) is 6.42 Å². The molecule has 1 saturated heterocycles. The van der Waals surface area contributed by atoms with Gasteiger partial charge >= 0.3 is 0 Å². The predicted molar refractivity (Wildman–Crippen MR) is 72.8 cm³/mol. The summed E-state index contributed by atoms with van der Waals surface area (Å²) in [6.07, 6.45) is 3.41. The highest BCUT2D eigenvalue weighted by atomic mass is 16.5. The number of para-hydroxylation sites is 1. The lowest BCUT2D eigenvalue weighted by Gasteiger charge is -2.38. The third kappa shape index (κ3) is 2.00. The van der Waals surface area contributed by atoms with Gasteiger partial charge in [-0.25, -0.2) is 0 Å². The van der Waals surface area contributed by atoms with Crippen molar-refractivity contribution in [2.45, 2.75) is 44.4 Å². The number of benzene rings is 1. The van der Waals surface area contributed by atoms with Crippen LogP contribution in [0, 0.1) is 0 Å². The molecule has 19 heavy (non-hydrogen) atoms. The Hall–Kier alpha value is -1.55. The Balaban J connectivity index is 1.95. The number of carbonyl (C=O) groups excluding carboxylic acids is 1. The molecule has 1 aromatic rings. The second kappa shape index (κ2) is 4.85. The van der Waals surface area contributed by atoms with Crippen molar-refractivity contribution in [2.24, 2.45) is 0 Å². The maximum atomic E-state index is 12.3. The fraction of sp³-hybridized carbons (Fsp3) is 0.533. The van der Waals surface area contributed by atoms with E-state index >= 15 is 0 Å². The van der Waals surface area contributed by atoms with Gasteiger partial charge in [-0.1, -0.05) is 18.2 Å². The second-order valence-electron chi connectivity index (χ2n) is 5.36. The van der Waals surface area contributed by atoms with Gasteiger partial charge in [0, 0.05) is 11.6 Å². The van der Waals surface area contributed by atoms with Gasteiger partial charge in [0.15, 0.2) is 0 Å². The fourth-order valence-electron chi connectivity index (χ4n) is 2.93. The first-order chi connectivity index (χ1) is 9.22. The lowest BCUT2D eigenvalue weighted by Crippen LogP contribution is -2.43. The third-order valence-corrected chi connectivity index (χ3v) is 4.21. The molecule has 1 amide bonds. The smallest absolute Gasteiger partial charge is 0.241 e. The van der Waals surface area contributed by atoms with Crippen LogP contribution in [0.4, 0.5) is 0 Å². The minimum absolute atomic E-state index is 0.0519. The monoisotopic (exact) mass is 260 g/mol. The number of hydrogen-bond acceptors (Lipinski definition) is 3. The summed E-state index contributed by atoms with van der Waals surface area (Å²) in [5.41, 5.74) is 1.05. The molecule has 1 heterocycles. The summed E-state index contributed by atoms with van der Waals surface area (Å²) in [4.78, 5) is 14.4. The normalized spacial score (nSPS) is 27.5. The first-order valence-electron chi connectivity index (χ1n) is 6.93. The van der Waals surface area contributed by atoms with E-state index in [4.69, 9.17) is 4.74 Å². The number of nitrogens with one attached hydrogen (secondary N) is 1. The Labute approximate surface area is 113 Å². The number of amides is 1. The zero-order chi connectivity index (χ0) is 13.4. The van der Waals surface area contributed by atoms with Crippen LogP contribution in [0.1, 0.15) is 37.9 Å². The number of methoxy groups -OCH3 is 1. The quantitative estimate of drug-likeness (QED) is 0.904. The summed E-state index contributed by atoms with van der Waals surface area (Å²) in [6.45, 7) is 1.93. The molecular weight excluding hydrogens is 240 g/mol. The van der Waals surface area contributed by atoms with Crippen LogP contribution in [0.2, 0.25) is 0 Å². The molecule has 1 aliphatic heterocycles. The molecule has 1 N–H and O–H groups in total. The second-order valence-corrected chi connectivity index (χ2v) is 5.36. The number of nitrogens with zero attached hydrogens (tertiary/aromatic N) is 1. The maximum absolute atomic E-state index is 12.3. The average molecular weight is 260 g/mol. The van der Waals surface area contributed by atoms with Crippen molar-refractivity contribution in [3.8, 4) is 5.75 Å². The highest BCUT2D eigenvalue weighted by Crippen LogP contribution is 2.38. The minimum Gasteiger partial charge on any atom is -0.496 e. The maximum Gasteiger partial charge on any atom is 0.241 e. The van der Waals surface area contributed by atoms with Crippen LogP contribution >= 0.6 is 0 Å². The molecule has 4 nitrogen and oxygen atoms in total. The zero-order valence-electron chi connectivity index (χ0n) is 11.4. The topological polar surface area (TPSA) is 41.6 Å². The molecule has 2 unspecified atom stereocenters. The molecule has 2 aliphatic rings. The number of hydrogen-bond donors (Lipinski definition) is 1. The first-order valence-corrected chi connectivity index (χ1v) is 6.93. The van der Waals surface area contributed by atoms with Crippen molar-refractivity contribution in [2.75, 3.05) is 7.11 Å². The molecule has 2 fully saturated rings. The van der Waals surface area contributed by atoms with E-state index in [-0.39, 0.29) is 18.1 Å². The zero-order valence-corrected chi connectivity index (χ0v) is 11.4. The lowest BCUT2D eigenvalue weighted by molar-refractivity contribution is -0.133. The van der Waals surface area contributed by atoms with Gasteiger partial charge in [-0.3, -0.25) is 10.1 Å². The Morgan fingerprint density at radius 3 is 2.68 bits per heavy atom. The molecule has 0 radical (unpaired) electrons. The summed E-state index contributed by atoms with van der Waals surface area (Å²) in [7, 11) is 1.67. The van der Waals surface area contributed by atoms with E-state index in [0.717, 1.165) is 24.2 Å². The first kappa shape index (κ1) is 12.5. The van der Waals surface area contributed by atoms with E-state index < -0.39 is 0 Å². The molecule has 102 valence electrons. The van der Waals surface area contributed by atoms with Crippen LogP contribution in [0.25, 0.3) is 0 Å². The number of carbonyl (C=O) groups is 1. The Kier molecular flexibility index (Phi) is 3.19. The Morgan fingerprint density at radius 2 is 2.05 bits per heavy atom. The van der Waals surface area contributed by atoms with Gasteiger partial charge in [0.05, 0.1) is 13.2 Å². The van der Waals surface area contributed by atoms with Crippen LogP contribution in [0.5, 0.6) is 5.75 Å². The summed E-state index contributed by atoms with van der Waals surface area (Å²) in [5, 5.41) is 3.39. The van der Waals surface area contributed by atoms with Gasteiger partial charge in [-0.2, -0.15) is 0 Å². The van der Waals surface area contributed by atoms with Gasteiger partial charge in [-0.15, -0.1) is 0 Å². The van der Waals surface area contributed by atoms with Gasteiger partial charge < -0.3 is 9.64 Å². The van der Waals surface area contributed by atoms with Crippen LogP contribution < -0.4 is 10.1 Å². The van der Waals surface area contributed by atoms with E-state index in [2.05, 4.69) is 5.32 Å². The predicted octanol–water partition coefficient (Wildman–Crippen LogP) is 2.07. The standard InChI is InChI=1S/C15H20N2O2/c1-10-15(18)17(11-6-5-7-11)14(16-10)12-8-3-4-9-13(12)19-2/h3-4,8-11,14,16H,5-7H2,1-2H3. The molecule has 0 bridgehead atoms. The number of ether oxygens (including phenoxy) is 1. The van der Waals surface area contributed by atoms with Crippen molar-refractivity contribution in [1.29, 1.82) is 0 Å². The molecule has 2 atom stereocenters. The van der Waals surface area contributed by atoms with Crippen molar-refractivity contribution in [1.82, 2.24) is 10.2 Å². The van der Waals surface area contributed by atoms with Crippen LogP contribution in [-0.4, -0.2) is 30.0 Å². The summed E-state index contributed by atoms with van der Waals surface area (Å²) in [5.74, 6) is 1.05. The third-order valence-electron chi connectivity index (χ3n) is 4.21. The minimum atomic E-state index is -0.115. The fourth-order valence-corrected chi connectivity index (χ4v) is 2.93. The highest BCUT2D eigenvalue weighted by Gasteiger charge is 2.43. The SMILES string of the molecule is COc1ccccc1C1NC(C)C(=O)N1C1CCC1. The highest BCUT2D eigenvalue weighted by molar-refractivity contribution is 5.84. The van der Waals surface area contributed by atoms with E-state index in [9.17, 15) is 4.79 Å². The Morgan fingerprint density at radius 1 is 1.32 bits per heavy atom. The van der Waals surface area contributed by atoms with Crippen molar-refractivity contribution in [3.05, 3.63) is 29.8 Å². The van der Waals surface area contributed by atoms with Crippen molar-refractivity contribution < 1.29 is 9.53 Å². The van der Waals surface area contributed by atoms with Crippen molar-refractivity contribution >= 4 is 5.91 Å². The molecule has 0 aromatic heterocycles. The Bertz CT molecular complexity index is 485. The molecule has 0 spiro atoms. The van der Waals surface area contributed by atoms with Gasteiger partial charge in [0.1, 0.15) is 11.9 Å². The summed E-state index contributed by atoms with van der Waals surface area (Å²) in [6, 6.07) is 8.20. The number of rotatable bonds is 3. The molecular formula is C15H20N2O2. The lowest BCUT2D eigenvalue weighted by atomic mass is 9.90. The van der Waals surface area contributed by atoms with Crippen LogP contribution in [-0.2, 0) is 4.79 Å². The van der Waals surface area contributed by atoms with E-state index in [1.54, 1.807) is 7.11 Å². The summed E-state index contributed by atoms with van der Waals surface area (Å²) >= 11 is 0. The molecule has 4 heteroatoms. The molecule has 1 aliphatic carbocycles.